The number of nitrogens with zero attached hydrogens (tertiary/aromatic N) is 2. The lowest BCUT2D eigenvalue weighted by Gasteiger charge is -1.93. The molecule has 0 fully saturated rings. The molecule has 2 aromatic rings. The van der Waals surface area contributed by atoms with Crippen molar-refractivity contribution in [3.63, 3.8) is 0 Å². The molecule has 4 heteroatoms. The van der Waals surface area contributed by atoms with Gasteiger partial charge in [0.1, 0.15) is 5.82 Å². The number of nitrogens with one attached hydrogen (secondary N) is 1. The topological polar surface area (TPSA) is 41.6 Å². The molecule has 0 unspecified atom stereocenters. The number of hydrogen-bond donors (Lipinski definition) is 1. The minimum atomic E-state index is 0.703. The molecule has 0 aliphatic rings. The minimum Gasteiger partial charge on any atom is -0.263 e. The van der Waals surface area contributed by atoms with Gasteiger partial charge in [-0.25, -0.2) is 4.98 Å². The Kier molecular flexibility index (Phi) is 4.31. The third-order valence-corrected chi connectivity index (χ3v) is 1.95. The maximum atomic E-state index is 5.76. The maximum absolute atomic E-state index is 5.76. The standard InChI is InChI=1S/C9H8ClN3.C2H6/c1-6-11-9(13-12-6)7-2-4-8(10)5-3-7;1-2/h2-5H,1H3,(H,11,12,13);1-2H3. The van der Waals surface area contributed by atoms with Gasteiger partial charge in [0.05, 0.1) is 0 Å². The summed E-state index contributed by atoms with van der Waals surface area (Å²) in [6, 6.07) is 7.43. The SMILES string of the molecule is CC.Cc1nc(-c2ccc(Cl)cc2)n[nH]1. The summed E-state index contributed by atoms with van der Waals surface area (Å²) in [6.07, 6.45) is 0. The van der Waals surface area contributed by atoms with Crippen LogP contribution in [0.25, 0.3) is 11.4 Å². The molecule has 0 radical (unpaired) electrons. The van der Waals surface area contributed by atoms with Crippen molar-refractivity contribution in [2.75, 3.05) is 0 Å². The molecule has 1 aromatic carbocycles. The van der Waals surface area contributed by atoms with Gasteiger partial charge in [-0.3, -0.25) is 5.10 Å². The molecule has 0 saturated heterocycles. The van der Waals surface area contributed by atoms with Crippen LogP contribution in [0.2, 0.25) is 5.02 Å². The van der Waals surface area contributed by atoms with E-state index in [4.69, 9.17) is 11.6 Å². The fourth-order valence-corrected chi connectivity index (χ4v) is 1.20. The van der Waals surface area contributed by atoms with E-state index in [-0.39, 0.29) is 0 Å². The highest BCUT2D eigenvalue weighted by Gasteiger charge is 2.01. The molecule has 3 nitrogen and oxygen atoms in total. The average molecular weight is 224 g/mol. The van der Waals surface area contributed by atoms with E-state index < -0.39 is 0 Å². The van der Waals surface area contributed by atoms with E-state index in [1.807, 2.05) is 45.0 Å². The van der Waals surface area contributed by atoms with Crippen LogP contribution >= 0.6 is 11.6 Å². The molecule has 0 spiro atoms. The van der Waals surface area contributed by atoms with Gasteiger partial charge in [-0.15, -0.1) is 0 Å². The van der Waals surface area contributed by atoms with Crippen LogP contribution in [0.5, 0.6) is 0 Å². The summed E-state index contributed by atoms with van der Waals surface area (Å²) in [6.45, 7) is 5.87. The van der Waals surface area contributed by atoms with Crippen LogP contribution in [0.1, 0.15) is 19.7 Å². The van der Waals surface area contributed by atoms with Crippen molar-refractivity contribution in [2.24, 2.45) is 0 Å². The average Bonchev–Trinajstić information content (AvgIpc) is 2.69. The fourth-order valence-electron chi connectivity index (χ4n) is 1.07. The van der Waals surface area contributed by atoms with Gasteiger partial charge in [0.25, 0.3) is 0 Å². The summed E-state index contributed by atoms with van der Waals surface area (Å²) < 4.78 is 0. The number of rotatable bonds is 1. The van der Waals surface area contributed by atoms with Crippen LogP contribution in [-0.4, -0.2) is 15.2 Å². The van der Waals surface area contributed by atoms with Gasteiger partial charge in [-0.2, -0.15) is 5.10 Å². The summed E-state index contributed by atoms with van der Waals surface area (Å²) in [5, 5.41) is 7.54. The molecule has 0 bridgehead atoms. The van der Waals surface area contributed by atoms with Crippen LogP contribution in [0, 0.1) is 6.92 Å². The van der Waals surface area contributed by atoms with Gasteiger partial charge in [-0.1, -0.05) is 25.4 Å². The molecule has 0 atom stereocenters. The zero-order chi connectivity index (χ0) is 11.3. The van der Waals surface area contributed by atoms with E-state index in [9.17, 15) is 0 Å². The molecule has 15 heavy (non-hydrogen) atoms. The lowest BCUT2D eigenvalue weighted by Crippen LogP contribution is -1.79. The van der Waals surface area contributed by atoms with Crippen molar-refractivity contribution >= 4 is 11.6 Å². The quantitative estimate of drug-likeness (QED) is 0.805. The first-order chi connectivity index (χ1) is 7.25. The number of aromatic nitrogens is 3. The van der Waals surface area contributed by atoms with Crippen LogP contribution < -0.4 is 0 Å². The second kappa shape index (κ2) is 5.51. The Balaban J connectivity index is 0.000000531. The monoisotopic (exact) mass is 223 g/mol. The third-order valence-electron chi connectivity index (χ3n) is 1.70. The molecule has 1 aromatic heterocycles. The largest absolute Gasteiger partial charge is 0.263 e. The van der Waals surface area contributed by atoms with Gasteiger partial charge in [0.15, 0.2) is 5.82 Å². The second-order valence-corrected chi connectivity index (χ2v) is 3.19. The number of hydrogen-bond acceptors (Lipinski definition) is 2. The second-order valence-electron chi connectivity index (χ2n) is 2.75. The lowest BCUT2D eigenvalue weighted by molar-refractivity contribution is 1.04. The van der Waals surface area contributed by atoms with Gasteiger partial charge in [0, 0.05) is 10.6 Å². The Bertz CT molecular complexity index is 406. The molecule has 0 amide bonds. The summed E-state index contributed by atoms with van der Waals surface area (Å²) in [5.74, 6) is 1.51. The van der Waals surface area contributed by atoms with E-state index in [0.717, 1.165) is 16.4 Å². The highest BCUT2D eigenvalue weighted by molar-refractivity contribution is 6.30. The van der Waals surface area contributed by atoms with Gasteiger partial charge in [0.2, 0.25) is 0 Å². The number of aryl methyl sites for hydroxylation is 1. The highest BCUT2D eigenvalue weighted by Crippen LogP contribution is 2.17. The number of H-pyrrole nitrogens is 1. The molecule has 1 N–H and O–H groups in total. The zero-order valence-electron chi connectivity index (χ0n) is 9.08. The van der Waals surface area contributed by atoms with E-state index >= 15 is 0 Å². The van der Waals surface area contributed by atoms with Crippen molar-refractivity contribution < 1.29 is 0 Å². The van der Waals surface area contributed by atoms with Crippen molar-refractivity contribution in [2.45, 2.75) is 20.8 Å². The number of benzene rings is 1. The molecule has 0 saturated carbocycles. The van der Waals surface area contributed by atoms with Crippen molar-refractivity contribution in [3.8, 4) is 11.4 Å². The van der Waals surface area contributed by atoms with Crippen molar-refractivity contribution in [1.29, 1.82) is 0 Å². The van der Waals surface area contributed by atoms with Crippen molar-refractivity contribution in [3.05, 3.63) is 35.1 Å². The first kappa shape index (κ1) is 11.7. The van der Waals surface area contributed by atoms with Crippen LogP contribution in [0.15, 0.2) is 24.3 Å². The lowest BCUT2D eigenvalue weighted by atomic mass is 10.2. The normalized spacial score (nSPS) is 9.33. The summed E-state index contributed by atoms with van der Waals surface area (Å²) in [5.41, 5.74) is 0.966. The molecule has 80 valence electrons. The van der Waals surface area contributed by atoms with Crippen LogP contribution in [0.3, 0.4) is 0 Å². The molecule has 1 heterocycles. The predicted octanol–water partition coefficient (Wildman–Crippen LogP) is 3.46. The van der Waals surface area contributed by atoms with Gasteiger partial charge >= 0.3 is 0 Å². The van der Waals surface area contributed by atoms with Gasteiger partial charge < -0.3 is 0 Å². The maximum Gasteiger partial charge on any atom is 0.181 e. The number of aromatic amines is 1. The molecular formula is C11H14ClN3. The molecule has 0 aliphatic heterocycles. The van der Waals surface area contributed by atoms with E-state index in [2.05, 4.69) is 15.2 Å². The van der Waals surface area contributed by atoms with E-state index in [1.165, 1.54) is 0 Å². The summed E-state index contributed by atoms with van der Waals surface area (Å²) in [4.78, 5) is 4.20. The third kappa shape index (κ3) is 3.06. The smallest absolute Gasteiger partial charge is 0.181 e. The van der Waals surface area contributed by atoms with E-state index in [1.54, 1.807) is 0 Å². The van der Waals surface area contributed by atoms with Crippen molar-refractivity contribution in [1.82, 2.24) is 15.2 Å². The molecular weight excluding hydrogens is 210 g/mol. The molecule has 2 rings (SSSR count). The molecule has 0 aliphatic carbocycles. The Morgan fingerprint density at radius 3 is 2.20 bits per heavy atom. The first-order valence-corrected chi connectivity index (χ1v) is 5.28. The fraction of sp³-hybridized carbons (Fsp3) is 0.273. The minimum absolute atomic E-state index is 0.703. The zero-order valence-corrected chi connectivity index (χ0v) is 9.84. The summed E-state index contributed by atoms with van der Waals surface area (Å²) >= 11 is 5.76. The van der Waals surface area contributed by atoms with E-state index in [0.29, 0.717) is 5.82 Å². The Morgan fingerprint density at radius 2 is 1.73 bits per heavy atom. The highest BCUT2D eigenvalue weighted by atomic mass is 35.5. The van der Waals surface area contributed by atoms with Crippen LogP contribution in [0.4, 0.5) is 0 Å². The summed E-state index contributed by atoms with van der Waals surface area (Å²) in [7, 11) is 0. The predicted molar refractivity (Wildman–Crippen MR) is 62.9 cm³/mol. The van der Waals surface area contributed by atoms with Crippen LogP contribution in [-0.2, 0) is 0 Å². The first-order valence-electron chi connectivity index (χ1n) is 4.90. The Morgan fingerprint density at radius 1 is 1.13 bits per heavy atom. The number of halogens is 1. The Hall–Kier alpha value is -1.35. The Labute approximate surface area is 94.5 Å². The van der Waals surface area contributed by atoms with Gasteiger partial charge in [-0.05, 0) is 31.2 Å².